The highest BCUT2D eigenvalue weighted by molar-refractivity contribution is 8.15. The summed E-state index contributed by atoms with van der Waals surface area (Å²) in [5.74, 6) is -0.255. The number of carbonyl (C=O) groups excluding carboxylic acids is 2. The van der Waals surface area contributed by atoms with Crippen molar-refractivity contribution in [1.82, 2.24) is 0 Å². The van der Waals surface area contributed by atoms with E-state index in [9.17, 15) is 9.59 Å². The molecular formula is C14H18O2S. The molecule has 0 bridgehead atoms. The van der Waals surface area contributed by atoms with Gasteiger partial charge in [-0.25, -0.2) is 0 Å². The van der Waals surface area contributed by atoms with E-state index in [0.29, 0.717) is 6.42 Å². The third-order valence-corrected chi connectivity index (χ3v) is 3.36. The summed E-state index contributed by atoms with van der Waals surface area (Å²) in [4.78, 5) is 24.0. The van der Waals surface area contributed by atoms with Crippen molar-refractivity contribution >= 4 is 22.7 Å². The molecule has 2 nitrogen and oxygen atoms in total. The van der Waals surface area contributed by atoms with Crippen molar-refractivity contribution in [3.8, 4) is 0 Å². The summed E-state index contributed by atoms with van der Waals surface area (Å²) in [6.45, 7) is 2.12. The fourth-order valence-corrected chi connectivity index (χ4v) is 2.19. The van der Waals surface area contributed by atoms with E-state index in [2.05, 4.69) is 6.92 Å². The first kappa shape index (κ1) is 14.0. The van der Waals surface area contributed by atoms with Gasteiger partial charge in [0.05, 0.1) is 0 Å². The molecule has 1 aromatic carbocycles. The molecule has 0 saturated heterocycles. The van der Waals surface area contributed by atoms with E-state index in [0.717, 1.165) is 42.3 Å². The predicted octanol–water partition coefficient (Wildman–Crippen LogP) is 3.84. The number of hydrogen-bond acceptors (Lipinski definition) is 3. The topological polar surface area (TPSA) is 34.1 Å². The number of Topliss-reactive ketones (excluding diaryl/α,β-unsaturated/α-hetero) is 1. The van der Waals surface area contributed by atoms with E-state index in [4.69, 9.17) is 0 Å². The molecule has 0 aromatic heterocycles. The summed E-state index contributed by atoms with van der Waals surface area (Å²) in [6.07, 6.45) is 4.52. The van der Waals surface area contributed by atoms with Crippen LogP contribution in [0.1, 0.15) is 39.0 Å². The van der Waals surface area contributed by atoms with E-state index in [-0.39, 0.29) is 10.9 Å². The second-order valence-corrected chi connectivity index (χ2v) is 4.98. The van der Waals surface area contributed by atoms with Crippen LogP contribution in [0, 0.1) is 0 Å². The Labute approximate surface area is 107 Å². The van der Waals surface area contributed by atoms with Gasteiger partial charge in [-0.1, -0.05) is 44.4 Å². The van der Waals surface area contributed by atoms with Gasteiger partial charge in [0.15, 0.2) is 0 Å². The monoisotopic (exact) mass is 250 g/mol. The van der Waals surface area contributed by atoms with Gasteiger partial charge < -0.3 is 0 Å². The Balaban J connectivity index is 2.30. The van der Waals surface area contributed by atoms with Gasteiger partial charge in [-0.15, -0.1) is 0 Å². The second-order valence-electron chi connectivity index (χ2n) is 3.94. The highest BCUT2D eigenvalue weighted by atomic mass is 32.2. The molecule has 0 spiro atoms. The van der Waals surface area contributed by atoms with Gasteiger partial charge in [-0.05, 0) is 30.3 Å². The van der Waals surface area contributed by atoms with Crippen LogP contribution in [0.5, 0.6) is 0 Å². The quantitative estimate of drug-likeness (QED) is 0.419. The Morgan fingerprint density at radius 3 is 2.41 bits per heavy atom. The minimum absolute atomic E-state index is 0.255. The zero-order valence-electron chi connectivity index (χ0n) is 10.1. The highest BCUT2D eigenvalue weighted by Crippen LogP contribution is 2.19. The van der Waals surface area contributed by atoms with E-state index >= 15 is 0 Å². The van der Waals surface area contributed by atoms with Gasteiger partial charge in [0.25, 0.3) is 5.12 Å². The number of ketones is 1. The Hall–Kier alpha value is -1.09. The van der Waals surface area contributed by atoms with Crippen LogP contribution in [0.2, 0.25) is 0 Å². The molecule has 0 saturated carbocycles. The molecule has 92 valence electrons. The molecular weight excluding hydrogens is 232 g/mol. The number of thioether (sulfide) groups is 1. The summed E-state index contributed by atoms with van der Waals surface area (Å²) >= 11 is 1.03. The lowest BCUT2D eigenvalue weighted by Crippen LogP contribution is -2.09. The first-order chi connectivity index (χ1) is 8.24. The number of unbranched alkanes of at least 4 members (excludes halogenated alkanes) is 3. The maximum absolute atomic E-state index is 11.6. The third-order valence-electron chi connectivity index (χ3n) is 2.44. The largest absolute Gasteiger partial charge is 0.290 e. The molecule has 0 radical (unpaired) electrons. The molecule has 0 N–H and O–H groups in total. The lowest BCUT2D eigenvalue weighted by molar-refractivity contribution is -0.131. The smallest absolute Gasteiger partial charge is 0.259 e. The molecule has 0 fully saturated rings. The van der Waals surface area contributed by atoms with E-state index < -0.39 is 0 Å². The van der Waals surface area contributed by atoms with Gasteiger partial charge in [0, 0.05) is 11.3 Å². The maximum atomic E-state index is 11.6. The van der Waals surface area contributed by atoms with Crippen molar-refractivity contribution in [2.45, 2.75) is 43.9 Å². The van der Waals surface area contributed by atoms with Crippen molar-refractivity contribution in [2.75, 3.05) is 0 Å². The minimum Gasteiger partial charge on any atom is -0.290 e. The molecule has 0 atom stereocenters. The maximum Gasteiger partial charge on any atom is 0.259 e. The van der Waals surface area contributed by atoms with Crippen LogP contribution in [-0.2, 0) is 9.59 Å². The SMILES string of the molecule is CCCCCCC(=O)C(=O)Sc1ccccc1. The van der Waals surface area contributed by atoms with Crippen molar-refractivity contribution in [2.24, 2.45) is 0 Å². The lowest BCUT2D eigenvalue weighted by atomic mass is 10.1. The fraction of sp³-hybridized carbons (Fsp3) is 0.429. The fourth-order valence-electron chi connectivity index (χ4n) is 1.47. The van der Waals surface area contributed by atoms with Crippen molar-refractivity contribution in [3.05, 3.63) is 30.3 Å². The standard InChI is InChI=1S/C14H18O2S/c1-2-3-4-8-11-13(15)14(16)17-12-9-6-5-7-10-12/h5-7,9-10H,2-4,8,11H2,1H3. The Morgan fingerprint density at radius 2 is 1.76 bits per heavy atom. The summed E-state index contributed by atoms with van der Waals surface area (Å²) in [6, 6.07) is 9.30. The van der Waals surface area contributed by atoms with E-state index in [1.165, 1.54) is 0 Å². The van der Waals surface area contributed by atoms with E-state index in [1.807, 2.05) is 30.3 Å². The van der Waals surface area contributed by atoms with Crippen LogP contribution in [0.15, 0.2) is 35.2 Å². The zero-order valence-corrected chi connectivity index (χ0v) is 11.0. The second kappa shape index (κ2) is 8.07. The molecule has 0 aliphatic carbocycles. The average molecular weight is 250 g/mol. The van der Waals surface area contributed by atoms with Crippen LogP contribution < -0.4 is 0 Å². The number of carbonyl (C=O) groups is 2. The van der Waals surface area contributed by atoms with E-state index in [1.54, 1.807) is 0 Å². The zero-order chi connectivity index (χ0) is 12.5. The molecule has 3 heteroatoms. The van der Waals surface area contributed by atoms with Crippen molar-refractivity contribution in [1.29, 1.82) is 0 Å². The highest BCUT2D eigenvalue weighted by Gasteiger charge is 2.14. The lowest BCUT2D eigenvalue weighted by Gasteiger charge is -2.00. The number of rotatable bonds is 7. The summed E-state index contributed by atoms with van der Waals surface area (Å²) < 4.78 is 0. The van der Waals surface area contributed by atoms with Crippen molar-refractivity contribution in [3.63, 3.8) is 0 Å². The number of hydrogen-bond donors (Lipinski definition) is 0. The molecule has 0 amide bonds. The van der Waals surface area contributed by atoms with Crippen LogP contribution in [0.25, 0.3) is 0 Å². The molecule has 1 rings (SSSR count). The van der Waals surface area contributed by atoms with Crippen LogP contribution in [-0.4, -0.2) is 10.9 Å². The Kier molecular flexibility index (Phi) is 6.63. The van der Waals surface area contributed by atoms with Gasteiger partial charge >= 0.3 is 0 Å². The van der Waals surface area contributed by atoms with Gasteiger partial charge in [-0.3, -0.25) is 9.59 Å². The molecule has 1 aromatic rings. The predicted molar refractivity (Wildman–Crippen MR) is 71.1 cm³/mol. The molecule has 17 heavy (non-hydrogen) atoms. The third kappa shape index (κ3) is 5.68. The first-order valence-corrected chi connectivity index (χ1v) is 6.85. The minimum atomic E-state index is -0.340. The van der Waals surface area contributed by atoms with Crippen molar-refractivity contribution < 1.29 is 9.59 Å². The summed E-state index contributed by atoms with van der Waals surface area (Å²) in [7, 11) is 0. The molecule has 0 heterocycles. The molecule has 0 aliphatic heterocycles. The summed E-state index contributed by atoms with van der Waals surface area (Å²) in [5.41, 5.74) is 0. The Morgan fingerprint density at radius 1 is 1.06 bits per heavy atom. The summed E-state index contributed by atoms with van der Waals surface area (Å²) in [5, 5.41) is -0.340. The van der Waals surface area contributed by atoms with Gasteiger partial charge in [0.2, 0.25) is 5.78 Å². The van der Waals surface area contributed by atoms with Crippen LogP contribution in [0.4, 0.5) is 0 Å². The molecule has 0 aliphatic rings. The normalized spacial score (nSPS) is 10.2. The van der Waals surface area contributed by atoms with Gasteiger partial charge in [-0.2, -0.15) is 0 Å². The van der Waals surface area contributed by atoms with Crippen LogP contribution in [0.3, 0.4) is 0 Å². The Bertz CT molecular complexity index is 360. The average Bonchev–Trinajstić information content (AvgIpc) is 2.35. The first-order valence-electron chi connectivity index (χ1n) is 6.04. The molecule has 0 unspecified atom stereocenters. The van der Waals surface area contributed by atoms with Crippen LogP contribution >= 0.6 is 11.8 Å². The number of benzene rings is 1. The van der Waals surface area contributed by atoms with Gasteiger partial charge in [0.1, 0.15) is 0 Å².